The number of carbonyl (C=O) groups excluding carboxylic acids is 1. The minimum atomic E-state index is -0.555. The predicted octanol–water partition coefficient (Wildman–Crippen LogP) is 4.27. The number of aromatic nitrogens is 1. The van der Waals surface area contributed by atoms with Crippen molar-refractivity contribution in [2.24, 2.45) is 0 Å². The topological polar surface area (TPSA) is 84.2 Å². The van der Waals surface area contributed by atoms with E-state index in [9.17, 15) is 14.4 Å². The SMILES string of the molecule is N#C/C(=C\c1csc(-c2ccc(F)cc2)n1)C(=O)Nc1ccc2c(c1)OCCO2. The van der Waals surface area contributed by atoms with Crippen LogP contribution in [-0.4, -0.2) is 24.1 Å². The lowest BCUT2D eigenvalue weighted by Crippen LogP contribution is -2.17. The number of nitrogens with zero attached hydrogens (tertiary/aromatic N) is 2. The molecule has 0 saturated heterocycles. The van der Waals surface area contributed by atoms with Crippen LogP contribution < -0.4 is 14.8 Å². The van der Waals surface area contributed by atoms with Crippen LogP contribution in [0.25, 0.3) is 16.6 Å². The molecule has 0 fully saturated rings. The highest BCUT2D eigenvalue weighted by Crippen LogP contribution is 2.32. The van der Waals surface area contributed by atoms with Gasteiger partial charge < -0.3 is 14.8 Å². The van der Waals surface area contributed by atoms with E-state index in [1.165, 1.54) is 29.5 Å². The second-order valence-corrected chi connectivity index (χ2v) is 6.92. The standard InChI is InChI=1S/C21H14FN3O3S/c22-15-3-1-13(2-4-15)21-25-17(12-29-21)9-14(11-23)20(26)24-16-5-6-18-19(10-16)28-8-7-27-18/h1-6,9-10,12H,7-8H2,(H,24,26)/b14-9+. The first-order chi connectivity index (χ1) is 14.1. The summed E-state index contributed by atoms with van der Waals surface area (Å²) in [5.74, 6) is 0.273. The Morgan fingerprint density at radius 2 is 1.93 bits per heavy atom. The maximum absolute atomic E-state index is 13.1. The monoisotopic (exact) mass is 407 g/mol. The molecule has 0 saturated carbocycles. The van der Waals surface area contributed by atoms with Gasteiger partial charge in [-0.05, 0) is 42.5 Å². The van der Waals surface area contributed by atoms with Crippen molar-refractivity contribution in [3.05, 3.63) is 64.9 Å². The Kier molecular flexibility index (Phi) is 5.22. The van der Waals surface area contributed by atoms with Crippen LogP contribution in [0.4, 0.5) is 10.1 Å². The van der Waals surface area contributed by atoms with Gasteiger partial charge in [-0.15, -0.1) is 11.3 Å². The van der Waals surface area contributed by atoms with E-state index in [4.69, 9.17) is 9.47 Å². The predicted molar refractivity (Wildman–Crippen MR) is 107 cm³/mol. The number of halogens is 1. The van der Waals surface area contributed by atoms with Crippen LogP contribution >= 0.6 is 11.3 Å². The van der Waals surface area contributed by atoms with Crippen molar-refractivity contribution in [1.82, 2.24) is 4.98 Å². The Morgan fingerprint density at radius 1 is 1.17 bits per heavy atom. The summed E-state index contributed by atoms with van der Waals surface area (Å²) < 4.78 is 24.0. The van der Waals surface area contributed by atoms with Crippen molar-refractivity contribution in [2.75, 3.05) is 18.5 Å². The van der Waals surface area contributed by atoms with Crippen molar-refractivity contribution in [3.8, 4) is 28.1 Å². The molecule has 0 aliphatic carbocycles. The van der Waals surface area contributed by atoms with Gasteiger partial charge in [-0.2, -0.15) is 5.26 Å². The number of hydrogen-bond donors (Lipinski definition) is 1. The number of anilines is 1. The number of benzene rings is 2. The zero-order chi connectivity index (χ0) is 20.2. The van der Waals surface area contributed by atoms with Gasteiger partial charge >= 0.3 is 0 Å². The molecule has 6 nitrogen and oxygen atoms in total. The number of thiazole rings is 1. The van der Waals surface area contributed by atoms with E-state index in [1.807, 2.05) is 6.07 Å². The third kappa shape index (κ3) is 4.25. The highest BCUT2D eigenvalue weighted by molar-refractivity contribution is 7.13. The number of ether oxygens (including phenoxy) is 2. The van der Waals surface area contributed by atoms with Crippen LogP contribution in [0, 0.1) is 17.1 Å². The molecule has 0 atom stereocenters. The van der Waals surface area contributed by atoms with Crippen LogP contribution in [0.5, 0.6) is 11.5 Å². The summed E-state index contributed by atoms with van der Waals surface area (Å²) in [6.45, 7) is 0.918. The van der Waals surface area contributed by atoms with Crippen LogP contribution in [0.1, 0.15) is 5.69 Å². The average molecular weight is 407 g/mol. The number of nitrogens with one attached hydrogen (secondary N) is 1. The van der Waals surface area contributed by atoms with Crippen molar-refractivity contribution in [3.63, 3.8) is 0 Å². The third-order valence-electron chi connectivity index (χ3n) is 4.07. The molecule has 0 unspecified atom stereocenters. The molecule has 4 rings (SSSR count). The molecule has 1 amide bonds. The molecule has 2 heterocycles. The lowest BCUT2D eigenvalue weighted by atomic mass is 10.2. The maximum atomic E-state index is 13.1. The fourth-order valence-corrected chi connectivity index (χ4v) is 3.48. The summed E-state index contributed by atoms with van der Waals surface area (Å²) in [7, 11) is 0. The van der Waals surface area contributed by atoms with E-state index < -0.39 is 5.91 Å². The van der Waals surface area contributed by atoms with E-state index >= 15 is 0 Å². The van der Waals surface area contributed by atoms with Crippen molar-refractivity contribution in [2.45, 2.75) is 0 Å². The number of carbonyl (C=O) groups is 1. The summed E-state index contributed by atoms with van der Waals surface area (Å²) in [5.41, 5.74) is 1.64. The van der Waals surface area contributed by atoms with Gasteiger partial charge in [0.15, 0.2) is 11.5 Å². The minimum absolute atomic E-state index is 0.0872. The Labute approximate surface area is 169 Å². The number of fused-ring (bicyclic) bond motifs is 1. The second-order valence-electron chi connectivity index (χ2n) is 6.07. The molecule has 0 radical (unpaired) electrons. The molecule has 1 N–H and O–H groups in total. The normalized spacial score (nSPS) is 12.9. The molecule has 2 aromatic carbocycles. The molecule has 1 aliphatic rings. The van der Waals surface area contributed by atoms with E-state index in [2.05, 4.69) is 10.3 Å². The van der Waals surface area contributed by atoms with E-state index in [1.54, 1.807) is 35.7 Å². The smallest absolute Gasteiger partial charge is 0.266 e. The van der Waals surface area contributed by atoms with Gasteiger partial charge in [0, 0.05) is 22.7 Å². The number of amides is 1. The molecular formula is C21H14FN3O3S. The number of rotatable bonds is 4. The highest BCUT2D eigenvalue weighted by Gasteiger charge is 2.15. The fourth-order valence-electron chi connectivity index (χ4n) is 2.69. The summed E-state index contributed by atoms with van der Waals surface area (Å²) >= 11 is 1.34. The Hall–Kier alpha value is -3.70. The summed E-state index contributed by atoms with van der Waals surface area (Å²) in [6.07, 6.45) is 1.41. The molecule has 8 heteroatoms. The molecule has 0 bridgehead atoms. The Bertz CT molecular complexity index is 1130. The molecular weight excluding hydrogens is 393 g/mol. The van der Waals surface area contributed by atoms with Gasteiger partial charge in [0.1, 0.15) is 35.7 Å². The first kappa shape index (κ1) is 18.7. The molecule has 29 heavy (non-hydrogen) atoms. The van der Waals surface area contributed by atoms with Crippen molar-refractivity contribution in [1.29, 1.82) is 5.26 Å². The molecule has 3 aromatic rings. The Morgan fingerprint density at radius 3 is 2.69 bits per heavy atom. The quantitative estimate of drug-likeness (QED) is 0.516. The van der Waals surface area contributed by atoms with Gasteiger partial charge in [-0.3, -0.25) is 4.79 Å². The number of hydrogen-bond acceptors (Lipinski definition) is 6. The van der Waals surface area contributed by atoms with Crippen LogP contribution in [0.15, 0.2) is 53.4 Å². The minimum Gasteiger partial charge on any atom is -0.486 e. The van der Waals surface area contributed by atoms with Crippen LogP contribution in [0.3, 0.4) is 0 Å². The lowest BCUT2D eigenvalue weighted by Gasteiger charge is -2.18. The van der Waals surface area contributed by atoms with E-state index in [0.29, 0.717) is 41.1 Å². The second kappa shape index (κ2) is 8.12. The zero-order valence-electron chi connectivity index (χ0n) is 15.0. The summed E-state index contributed by atoms with van der Waals surface area (Å²) in [4.78, 5) is 16.9. The van der Waals surface area contributed by atoms with Gasteiger partial charge in [0.05, 0.1) is 5.69 Å². The zero-order valence-corrected chi connectivity index (χ0v) is 15.8. The molecule has 1 aliphatic heterocycles. The van der Waals surface area contributed by atoms with Gasteiger partial charge in [0.2, 0.25) is 0 Å². The molecule has 144 valence electrons. The third-order valence-corrected chi connectivity index (χ3v) is 4.98. The highest BCUT2D eigenvalue weighted by atomic mass is 32.1. The van der Waals surface area contributed by atoms with E-state index in [-0.39, 0.29) is 11.4 Å². The maximum Gasteiger partial charge on any atom is 0.266 e. The average Bonchev–Trinajstić information content (AvgIpc) is 3.21. The van der Waals surface area contributed by atoms with Gasteiger partial charge in [0.25, 0.3) is 5.91 Å². The largest absolute Gasteiger partial charge is 0.486 e. The first-order valence-corrected chi connectivity index (χ1v) is 9.54. The van der Waals surface area contributed by atoms with Crippen LogP contribution in [0.2, 0.25) is 0 Å². The van der Waals surface area contributed by atoms with Crippen LogP contribution in [-0.2, 0) is 4.79 Å². The van der Waals surface area contributed by atoms with E-state index in [0.717, 1.165) is 5.56 Å². The summed E-state index contributed by atoms with van der Waals surface area (Å²) in [5, 5.41) is 14.5. The number of nitriles is 1. The Balaban J connectivity index is 1.51. The van der Waals surface area contributed by atoms with Crippen molar-refractivity contribution >= 4 is 29.0 Å². The van der Waals surface area contributed by atoms with Gasteiger partial charge in [-0.1, -0.05) is 0 Å². The van der Waals surface area contributed by atoms with Gasteiger partial charge in [-0.25, -0.2) is 9.37 Å². The summed E-state index contributed by atoms with van der Waals surface area (Å²) in [6, 6.07) is 12.9. The first-order valence-electron chi connectivity index (χ1n) is 8.66. The fraction of sp³-hybridized carbons (Fsp3) is 0.0952. The lowest BCUT2D eigenvalue weighted by molar-refractivity contribution is -0.112. The van der Waals surface area contributed by atoms with Crippen molar-refractivity contribution < 1.29 is 18.7 Å². The molecule has 0 spiro atoms. The molecule has 1 aromatic heterocycles.